The summed E-state index contributed by atoms with van der Waals surface area (Å²) in [5, 5.41) is 3.62. The Morgan fingerprint density at radius 1 is 0.950 bits per heavy atom. The van der Waals surface area contributed by atoms with Gasteiger partial charge in [-0.05, 0) is 49.1 Å². The lowest BCUT2D eigenvalue weighted by atomic mass is 10.0. The molecule has 40 heavy (non-hydrogen) atoms. The average molecular weight is 582 g/mol. The Labute approximate surface area is 242 Å². The number of nitrogens with one attached hydrogen (secondary N) is 1. The maximum Gasteiger partial charge on any atom is 0.244 e. The van der Waals surface area contributed by atoms with E-state index in [1.807, 2.05) is 49.4 Å². The molecule has 1 N–H and O–H groups in total. The van der Waals surface area contributed by atoms with E-state index in [1.165, 1.54) is 4.90 Å². The summed E-state index contributed by atoms with van der Waals surface area (Å²) in [6, 6.07) is 22.8. The van der Waals surface area contributed by atoms with E-state index in [1.54, 1.807) is 36.4 Å². The predicted molar refractivity (Wildman–Crippen MR) is 160 cm³/mol. The minimum absolute atomic E-state index is 0.0552. The van der Waals surface area contributed by atoms with Gasteiger partial charge in [-0.1, -0.05) is 90.7 Å². The third kappa shape index (κ3) is 7.86. The summed E-state index contributed by atoms with van der Waals surface area (Å²) in [6.07, 6.45) is 5.26. The summed E-state index contributed by atoms with van der Waals surface area (Å²) in [6.45, 7) is 1.51. The summed E-state index contributed by atoms with van der Waals surface area (Å²) in [7, 11) is -3.80. The number of benzene rings is 3. The number of rotatable bonds is 11. The van der Waals surface area contributed by atoms with Crippen molar-refractivity contribution in [2.75, 3.05) is 17.1 Å². The molecule has 7 nitrogen and oxygen atoms in total. The van der Waals surface area contributed by atoms with Crippen LogP contribution >= 0.6 is 11.6 Å². The highest BCUT2D eigenvalue weighted by Crippen LogP contribution is 2.24. The van der Waals surface area contributed by atoms with Crippen LogP contribution in [0.5, 0.6) is 0 Å². The zero-order valence-corrected chi connectivity index (χ0v) is 24.5. The van der Waals surface area contributed by atoms with Crippen molar-refractivity contribution in [1.29, 1.82) is 0 Å². The zero-order valence-electron chi connectivity index (χ0n) is 22.9. The first kappa shape index (κ1) is 29.6. The number of aryl methyl sites for hydroxylation is 1. The quantitative estimate of drug-likeness (QED) is 0.341. The minimum Gasteiger partial charge on any atom is -0.352 e. The zero-order chi connectivity index (χ0) is 28.7. The van der Waals surface area contributed by atoms with Crippen LogP contribution in [0, 0.1) is 6.92 Å². The van der Waals surface area contributed by atoms with Gasteiger partial charge < -0.3 is 10.2 Å². The lowest BCUT2D eigenvalue weighted by Gasteiger charge is -2.34. The van der Waals surface area contributed by atoms with Crippen LogP contribution in [0.1, 0.15) is 42.4 Å². The van der Waals surface area contributed by atoms with E-state index in [0.717, 1.165) is 47.4 Å². The van der Waals surface area contributed by atoms with Crippen LogP contribution in [0.2, 0.25) is 5.02 Å². The number of hydrogen-bond acceptors (Lipinski definition) is 4. The predicted octanol–water partition coefficient (Wildman–Crippen LogP) is 5.11. The van der Waals surface area contributed by atoms with Gasteiger partial charge in [-0.25, -0.2) is 8.42 Å². The summed E-state index contributed by atoms with van der Waals surface area (Å²) in [4.78, 5) is 29.4. The maximum absolute atomic E-state index is 14.1. The van der Waals surface area contributed by atoms with Crippen LogP contribution in [0.3, 0.4) is 0 Å². The van der Waals surface area contributed by atoms with Gasteiger partial charge in [0, 0.05) is 24.0 Å². The lowest BCUT2D eigenvalue weighted by Crippen LogP contribution is -2.54. The molecule has 1 atom stereocenters. The summed E-state index contributed by atoms with van der Waals surface area (Å²) >= 11 is 6.50. The fraction of sp³-hybridized carbons (Fsp3) is 0.355. The Kier molecular flexibility index (Phi) is 9.87. The molecule has 0 spiro atoms. The SMILES string of the molecule is Cc1ccc(N(CC(=O)N(Cc2ccccc2Cl)[C@H](Cc2ccccc2)C(=O)NC2CCCC2)S(C)(=O)=O)cc1. The molecule has 3 aromatic rings. The molecule has 0 aliphatic heterocycles. The molecule has 4 rings (SSSR count). The van der Waals surface area contributed by atoms with Crippen LogP contribution in [-0.4, -0.2) is 50.0 Å². The van der Waals surface area contributed by atoms with Gasteiger partial charge in [0.25, 0.3) is 0 Å². The second kappa shape index (κ2) is 13.3. The van der Waals surface area contributed by atoms with Crippen molar-refractivity contribution >= 4 is 39.1 Å². The Morgan fingerprint density at radius 3 is 2.20 bits per heavy atom. The maximum atomic E-state index is 14.1. The second-order valence-electron chi connectivity index (χ2n) is 10.4. The number of anilines is 1. The summed E-state index contributed by atoms with van der Waals surface area (Å²) in [5.74, 6) is -0.745. The van der Waals surface area contributed by atoms with Crippen molar-refractivity contribution in [3.63, 3.8) is 0 Å². The van der Waals surface area contributed by atoms with E-state index in [9.17, 15) is 18.0 Å². The molecule has 0 aromatic heterocycles. The smallest absolute Gasteiger partial charge is 0.244 e. The van der Waals surface area contributed by atoms with Crippen LogP contribution in [-0.2, 0) is 32.6 Å². The van der Waals surface area contributed by atoms with Gasteiger partial charge in [-0.15, -0.1) is 0 Å². The number of carbonyl (C=O) groups excluding carboxylic acids is 2. The molecule has 1 fully saturated rings. The first-order valence-electron chi connectivity index (χ1n) is 13.5. The van der Waals surface area contributed by atoms with Crippen molar-refractivity contribution in [2.45, 2.75) is 57.7 Å². The molecule has 3 aromatic carbocycles. The fourth-order valence-corrected chi connectivity index (χ4v) is 6.10. The van der Waals surface area contributed by atoms with Crippen LogP contribution in [0.15, 0.2) is 78.9 Å². The molecule has 0 unspecified atom stereocenters. The third-order valence-corrected chi connectivity index (χ3v) is 8.78. The van der Waals surface area contributed by atoms with Gasteiger partial charge in [-0.2, -0.15) is 0 Å². The molecule has 1 aliphatic rings. The monoisotopic (exact) mass is 581 g/mol. The molecule has 2 amide bonds. The number of sulfonamides is 1. The number of hydrogen-bond donors (Lipinski definition) is 1. The van der Waals surface area contributed by atoms with Gasteiger partial charge in [0.2, 0.25) is 21.8 Å². The highest BCUT2D eigenvalue weighted by Gasteiger charge is 2.34. The summed E-state index contributed by atoms with van der Waals surface area (Å²) in [5.41, 5.74) is 2.92. The highest BCUT2D eigenvalue weighted by molar-refractivity contribution is 7.92. The molecule has 0 bridgehead atoms. The van der Waals surface area contributed by atoms with E-state index >= 15 is 0 Å². The molecular formula is C31H36ClN3O4S. The van der Waals surface area contributed by atoms with E-state index in [4.69, 9.17) is 11.6 Å². The van der Waals surface area contributed by atoms with Crippen molar-refractivity contribution in [1.82, 2.24) is 10.2 Å². The Bertz CT molecular complexity index is 1410. The van der Waals surface area contributed by atoms with Gasteiger partial charge in [-0.3, -0.25) is 13.9 Å². The number of carbonyl (C=O) groups is 2. The fourth-order valence-electron chi connectivity index (χ4n) is 5.06. The number of nitrogens with zero attached hydrogens (tertiary/aromatic N) is 2. The Balaban J connectivity index is 1.72. The van der Waals surface area contributed by atoms with Crippen molar-refractivity contribution in [3.8, 4) is 0 Å². The Morgan fingerprint density at radius 2 is 1.57 bits per heavy atom. The van der Waals surface area contributed by atoms with Crippen molar-refractivity contribution in [2.24, 2.45) is 0 Å². The molecule has 0 heterocycles. The first-order chi connectivity index (χ1) is 19.1. The molecule has 0 saturated heterocycles. The number of halogens is 1. The van der Waals surface area contributed by atoms with E-state index in [2.05, 4.69) is 5.32 Å². The molecule has 212 valence electrons. The molecule has 1 saturated carbocycles. The van der Waals surface area contributed by atoms with Gasteiger partial charge >= 0.3 is 0 Å². The van der Waals surface area contributed by atoms with Crippen LogP contribution in [0.25, 0.3) is 0 Å². The second-order valence-corrected chi connectivity index (χ2v) is 12.7. The molecule has 9 heteroatoms. The van der Waals surface area contributed by atoms with E-state index in [-0.39, 0.29) is 24.9 Å². The summed E-state index contributed by atoms with van der Waals surface area (Å²) < 4.78 is 26.8. The third-order valence-electron chi connectivity index (χ3n) is 7.27. The Hall–Kier alpha value is -3.36. The molecule has 0 radical (unpaired) electrons. The first-order valence-corrected chi connectivity index (χ1v) is 15.8. The molecular weight excluding hydrogens is 546 g/mol. The van der Waals surface area contributed by atoms with E-state index in [0.29, 0.717) is 16.3 Å². The van der Waals surface area contributed by atoms with E-state index < -0.39 is 28.5 Å². The highest BCUT2D eigenvalue weighted by atomic mass is 35.5. The van der Waals surface area contributed by atoms with Crippen molar-refractivity contribution < 1.29 is 18.0 Å². The number of amides is 2. The topological polar surface area (TPSA) is 86.8 Å². The minimum atomic E-state index is -3.80. The largest absolute Gasteiger partial charge is 0.352 e. The average Bonchev–Trinajstić information content (AvgIpc) is 3.44. The van der Waals surface area contributed by atoms with Crippen LogP contribution < -0.4 is 9.62 Å². The van der Waals surface area contributed by atoms with Crippen LogP contribution in [0.4, 0.5) is 5.69 Å². The standard InChI is InChI=1S/C31H36ClN3O4S/c1-23-16-18-27(19-17-23)35(40(2,38)39)22-30(36)34(21-25-12-6-9-15-28(25)32)29(20-24-10-4-3-5-11-24)31(37)33-26-13-7-8-14-26/h3-6,9-12,15-19,26,29H,7-8,13-14,20-22H2,1-2H3,(H,33,37)/t29-/m1/s1. The van der Waals surface area contributed by atoms with Gasteiger partial charge in [0.05, 0.1) is 11.9 Å². The normalized spacial score (nSPS) is 14.5. The van der Waals surface area contributed by atoms with Gasteiger partial charge in [0.15, 0.2) is 0 Å². The van der Waals surface area contributed by atoms with Crippen molar-refractivity contribution in [3.05, 3.63) is 101 Å². The lowest BCUT2D eigenvalue weighted by molar-refractivity contribution is -0.140. The molecule has 1 aliphatic carbocycles. The van der Waals surface area contributed by atoms with Gasteiger partial charge in [0.1, 0.15) is 12.6 Å².